The molecule has 2 radical (unpaired) electrons. The smallest absolute Gasteiger partial charge is 0.339 e. The van der Waals surface area contributed by atoms with Gasteiger partial charge in [-0.1, -0.05) is 12.1 Å². The molecular weight excluding hydrogens is 347 g/mol. The van der Waals surface area contributed by atoms with Crippen LogP contribution in [0.5, 0.6) is 5.75 Å². The predicted molar refractivity (Wildman–Crippen MR) is 80.3 cm³/mol. The van der Waals surface area contributed by atoms with Crippen LogP contribution in [0, 0.1) is 0 Å². The van der Waals surface area contributed by atoms with Crippen molar-refractivity contribution in [3.8, 4) is 5.75 Å². The van der Waals surface area contributed by atoms with Crippen LogP contribution in [-0.4, -0.2) is 37.3 Å². The van der Waals surface area contributed by atoms with Crippen molar-refractivity contribution in [3.63, 3.8) is 0 Å². The molecule has 0 aromatic heterocycles. The number of aromatic carboxylic acids is 1. The minimum Gasteiger partial charge on any atom is -0.507 e. The van der Waals surface area contributed by atoms with Crippen LogP contribution < -0.4 is 0 Å². The first kappa shape index (κ1) is 18.3. The van der Waals surface area contributed by atoms with E-state index in [0.29, 0.717) is 6.86 Å². The van der Waals surface area contributed by atoms with Gasteiger partial charge in [-0.15, -0.1) is 0 Å². The average Bonchev–Trinajstić information content (AvgIpc) is 2.12. The molecule has 19 heavy (non-hydrogen) atoms. The fourth-order valence-corrected chi connectivity index (χ4v) is 8.20. The van der Waals surface area contributed by atoms with E-state index in [1.54, 1.807) is 12.1 Å². The number of carboxylic acids is 1. The maximum Gasteiger partial charge on any atom is 0.339 e. The number of phenols is 1. The van der Waals surface area contributed by atoms with Crippen molar-refractivity contribution < 1.29 is 15.0 Å². The Morgan fingerprint density at radius 1 is 1.00 bits per heavy atom. The summed E-state index contributed by atoms with van der Waals surface area (Å²) in [5.41, 5.74) is -0.0671. The number of benzene rings is 1. The van der Waals surface area contributed by atoms with Crippen LogP contribution >= 0.6 is 0 Å². The first-order valence-electron chi connectivity index (χ1n) is 6.23. The quantitative estimate of drug-likeness (QED) is 0.727. The topological polar surface area (TPSA) is 57.5 Å². The molecule has 0 spiro atoms. The molecule has 0 bridgehead atoms. The number of para-hydroxylation sites is 1. The molecule has 0 heterocycles. The molecule has 0 unspecified atom stereocenters. The van der Waals surface area contributed by atoms with Crippen LogP contribution in [0.15, 0.2) is 24.3 Å². The van der Waals surface area contributed by atoms with Gasteiger partial charge >= 0.3 is 75.5 Å². The van der Waals surface area contributed by atoms with E-state index in [0.717, 1.165) is 0 Å². The fourth-order valence-electron chi connectivity index (χ4n) is 1.78. The number of rotatable bonds is 1. The molecule has 0 saturated carbocycles. The summed E-state index contributed by atoms with van der Waals surface area (Å²) in [5, 5.41) is 17.3. The van der Waals surface area contributed by atoms with E-state index in [-0.39, 0.29) is 32.5 Å². The standard InChI is InChI=1S/C7H6O3.2C4H9.Sn/c8-6-4-2-1-3-5(6)7(9)10;2*1-4(2)3;/h1-4,8H,(H,9,10);2*1-3H3;. The van der Waals surface area contributed by atoms with Gasteiger partial charge in [-0.3, -0.25) is 0 Å². The van der Waals surface area contributed by atoms with Crippen LogP contribution in [0.1, 0.15) is 51.9 Å². The van der Waals surface area contributed by atoms with Crippen molar-refractivity contribution in [2.45, 2.75) is 48.4 Å². The average molecular weight is 371 g/mol. The second kappa shape index (κ2) is 7.17. The summed E-state index contributed by atoms with van der Waals surface area (Å²) in [4.78, 5) is 10.3. The van der Waals surface area contributed by atoms with Crippen LogP contribution in [0.4, 0.5) is 0 Å². The van der Waals surface area contributed by atoms with E-state index < -0.39 is 5.97 Å². The Bertz CT molecular complexity index is 402. The van der Waals surface area contributed by atoms with Gasteiger partial charge in [-0.2, -0.15) is 0 Å². The fraction of sp³-hybridized carbons (Fsp3) is 0.533. The Labute approximate surface area is 126 Å². The van der Waals surface area contributed by atoms with Crippen molar-refractivity contribution in [3.05, 3.63) is 29.8 Å². The third kappa shape index (κ3) is 9.82. The number of carbonyl (C=O) groups is 1. The zero-order valence-electron chi connectivity index (χ0n) is 12.6. The normalized spacial score (nSPS) is 11.5. The maximum absolute atomic E-state index is 10.3. The number of carboxylic acid groups (broad SMARTS) is 1. The van der Waals surface area contributed by atoms with Crippen LogP contribution in [0.2, 0.25) is 6.86 Å². The molecule has 0 saturated heterocycles. The van der Waals surface area contributed by atoms with Gasteiger partial charge in [0.15, 0.2) is 0 Å². The molecule has 2 N–H and O–H groups in total. The van der Waals surface area contributed by atoms with Crippen LogP contribution in [0.25, 0.3) is 0 Å². The molecule has 0 aliphatic heterocycles. The van der Waals surface area contributed by atoms with E-state index in [1.807, 2.05) is 0 Å². The van der Waals surface area contributed by atoms with Gasteiger partial charge in [0, 0.05) is 0 Å². The minimum atomic E-state index is -1.11. The van der Waals surface area contributed by atoms with E-state index in [1.165, 1.54) is 12.1 Å². The molecular formula is C15H24O3Sn. The molecule has 4 heteroatoms. The summed E-state index contributed by atoms with van der Waals surface area (Å²) in [5.74, 6) is -1.31. The second-order valence-corrected chi connectivity index (χ2v) is 15.7. The number of hydrogen-bond acceptors (Lipinski definition) is 2. The first-order chi connectivity index (χ1) is 8.42. The Kier molecular flexibility index (Phi) is 6.90. The van der Waals surface area contributed by atoms with Crippen molar-refractivity contribution in [1.82, 2.24) is 0 Å². The SMILES string of the molecule is C[C](C)(C)[Sn][C](C)(C)C.O=C(O)c1ccccc1O. The summed E-state index contributed by atoms with van der Waals surface area (Å²) in [6.07, 6.45) is 0. The third-order valence-electron chi connectivity index (χ3n) is 1.88. The Hall–Kier alpha value is -0.711. The molecule has 1 rings (SSSR count). The van der Waals surface area contributed by atoms with Gasteiger partial charge in [-0.25, -0.2) is 4.79 Å². The first-order valence-corrected chi connectivity index (χ1v) is 9.08. The summed E-state index contributed by atoms with van der Waals surface area (Å²) < 4.78 is 1.31. The molecule has 0 atom stereocenters. The van der Waals surface area contributed by atoms with Gasteiger partial charge in [-0.05, 0) is 12.1 Å². The third-order valence-corrected chi connectivity index (χ3v) is 6.17. The van der Waals surface area contributed by atoms with Crippen molar-refractivity contribution in [2.24, 2.45) is 0 Å². The van der Waals surface area contributed by atoms with Gasteiger partial charge in [0.05, 0.1) is 0 Å². The molecule has 0 amide bonds. The zero-order chi connectivity index (χ0) is 15.3. The Morgan fingerprint density at radius 2 is 1.42 bits per heavy atom. The predicted octanol–water partition coefficient (Wildman–Crippen LogP) is 4.22. The van der Waals surface area contributed by atoms with Gasteiger partial charge in [0.25, 0.3) is 0 Å². The zero-order valence-corrected chi connectivity index (χ0v) is 15.5. The second-order valence-electron chi connectivity index (χ2n) is 6.45. The molecule has 106 valence electrons. The van der Waals surface area contributed by atoms with E-state index in [9.17, 15) is 4.79 Å². The van der Waals surface area contributed by atoms with E-state index in [2.05, 4.69) is 41.5 Å². The van der Waals surface area contributed by atoms with Gasteiger partial charge in [0.2, 0.25) is 0 Å². The number of hydrogen-bond donors (Lipinski definition) is 2. The van der Waals surface area contributed by atoms with E-state index in [4.69, 9.17) is 10.2 Å². The summed E-state index contributed by atoms with van der Waals surface area (Å²) >= 11 is -0.182. The molecule has 0 aliphatic carbocycles. The molecule has 1 aromatic carbocycles. The largest absolute Gasteiger partial charge is 0.507 e. The molecule has 1 aromatic rings. The van der Waals surface area contributed by atoms with Crippen molar-refractivity contribution in [1.29, 1.82) is 0 Å². The Morgan fingerprint density at radius 3 is 1.63 bits per heavy atom. The van der Waals surface area contributed by atoms with Gasteiger partial charge < -0.3 is 10.2 Å². The Balaban J connectivity index is 0.000000344. The summed E-state index contributed by atoms with van der Waals surface area (Å²) in [6, 6.07) is 5.81. The minimum absolute atomic E-state index is 0.0671. The molecule has 3 nitrogen and oxygen atoms in total. The van der Waals surface area contributed by atoms with Crippen molar-refractivity contribution >= 4 is 27.1 Å². The number of aromatic hydroxyl groups is 1. The molecule has 0 fully saturated rings. The van der Waals surface area contributed by atoms with Crippen molar-refractivity contribution in [2.75, 3.05) is 0 Å². The van der Waals surface area contributed by atoms with Crippen LogP contribution in [-0.2, 0) is 0 Å². The van der Waals surface area contributed by atoms with Crippen LogP contribution in [0.3, 0.4) is 0 Å². The summed E-state index contributed by atoms with van der Waals surface area (Å²) in [7, 11) is 0. The van der Waals surface area contributed by atoms with E-state index >= 15 is 0 Å². The molecule has 0 aliphatic rings. The summed E-state index contributed by atoms with van der Waals surface area (Å²) in [6.45, 7) is 14.2. The monoisotopic (exact) mass is 372 g/mol. The van der Waals surface area contributed by atoms with Gasteiger partial charge in [0.1, 0.15) is 11.3 Å². The maximum atomic E-state index is 10.3.